The molecule has 0 aromatic heterocycles. The van der Waals surface area contributed by atoms with E-state index in [1.807, 2.05) is 21.1 Å². The van der Waals surface area contributed by atoms with E-state index in [2.05, 4.69) is 160 Å². The van der Waals surface area contributed by atoms with Crippen LogP contribution < -0.4 is 0 Å². The zero-order chi connectivity index (χ0) is 66.1. The van der Waals surface area contributed by atoms with E-state index < -0.39 is 24.3 Å². The molecule has 91 heavy (non-hydrogen) atoms. The van der Waals surface area contributed by atoms with Crippen molar-refractivity contribution in [3.63, 3.8) is 0 Å². The van der Waals surface area contributed by atoms with Crippen LogP contribution in [0.2, 0.25) is 0 Å². The average Bonchev–Trinajstić information content (AvgIpc) is 3.66. The van der Waals surface area contributed by atoms with E-state index in [0.29, 0.717) is 23.9 Å². The lowest BCUT2D eigenvalue weighted by Crippen LogP contribution is -2.40. The van der Waals surface area contributed by atoms with Crippen LogP contribution in [0.15, 0.2) is 146 Å². The van der Waals surface area contributed by atoms with Gasteiger partial charge >= 0.3 is 17.9 Å². The molecule has 0 saturated heterocycles. The van der Waals surface area contributed by atoms with Gasteiger partial charge in [-0.25, -0.2) is 4.79 Å². The van der Waals surface area contributed by atoms with Crippen molar-refractivity contribution in [1.29, 1.82) is 0 Å². The zero-order valence-corrected chi connectivity index (χ0v) is 59.2. The van der Waals surface area contributed by atoms with Crippen molar-refractivity contribution in [2.45, 2.75) is 309 Å². The van der Waals surface area contributed by atoms with E-state index in [-0.39, 0.29) is 38.6 Å². The summed E-state index contributed by atoms with van der Waals surface area (Å²) >= 11 is 0. The van der Waals surface area contributed by atoms with Crippen molar-refractivity contribution in [1.82, 2.24) is 0 Å². The van der Waals surface area contributed by atoms with Crippen molar-refractivity contribution < 1.29 is 42.9 Å². The van der Waals surface area contributed by atoms with Crippen LogP contribution in [0.5, 0.6) is 0 Å². The molecular weight excluding hydrogens is 1130 g/mol. The highest BCUT2D eigenvalue weighted by Crippen LogP contribution is 2.17. The molecule has 0 aliphatic heterocycles. The predicted octanol–water partition coefficient (Wildman–Crippen LogP) is 23.5. The van der Waals surface area contributed by atoms with Crippen LogP contribution in [0.1, 0.15) is 296 Å². The molecule has 0 fully saturated rings. The fourth-order valence-corrected chi connectivity index (χ4v) is 9.97. The molecule has 0 spiro atoms. The molecule has 9 heteroatoms. The third-order valence-corrected chi connectivity index (χ3v) is 15.6. The number of carbonyl (C=O) groups excluding carboxylic acids is 2. The summed E-state index contributed by atoms with van der Waals surface area (Å²) in [4.78, 5) is 37.6. The average molecular weight is 1270 g/mol. The van der Waals surface area contributed by atoms with Crippen LogP contribution >= 0.6 is 0 Å². The minimum atomic E-state index is -1.54. The fourth-order valence-electron chi connectivity index (χ4n) is 9.97. The van der Waals surface area contributed by atoms with E-state index in [4.69, 9.17) is 18.9 Å². The molecule has 0 aromatic rings. The number of esters is 2. The molecule has 2 atom stereocenters. The number of unbranched alkanes of at least 4 members (excludes halogenated alkanes) is 28. The number of likely N-dealkylation sites (N-methyl/N-ethyl adjacent to an activating group) is 1. The standard InChI is InChI=1S/C82H137NO8/c1-6-8-10-12-14-16-18-20-22-24-26-28-30-32-34-36-37-38-39-40-41-42-43-45-46-48-50-52-54-56-58-60-62-64-66-68-70-72-79(84)89-76-78(77-90-82(81(86)87)88-75-74-83(3,4)5)91-80(85)73-71-69-67-65-63-61-59-57-55-53-51-49-47-44-35-33-31-29-27-25-23-21-19-17-15-13-11-9-7-2/h9,11,15,17-18,20-21,23-24,26-27,29-30,32-33,35,47,49,53,55,59,61,65,67,78,82H,6-8,10,12-14,16,19,22,25,28,31,34,36-46,48,50-52,54,56-58,60,62-64,66,68-77H2,1-5H3/p+1/b11-9-,17-15-,20-18-,23-21-,26-24-,29-27-,32-30-,35-33-,49-47-,55-53-,61-59-,67-65-. The van der Waals surface area contributed by atoms with Gasteiger partial charge in [0.25, 0.3) is 6.29 Å². The summed E-state index contributed by atoms with van der Waals surface area (Å²) in [5, 5.41) is 9.75. The Balaban J connectivity index is 4.15. The molecule has 0 heterocycles. The molecule has 0 amide bonds. The highest BCUT2D eigenvalue weighted by Gasteiger charge is 2.25. The van der Waals surface area contributed by atoms with E-state index >= 15 is 0 Å². The Kier molecular flexibility index (Phi) is 67.3. The van der Waals surface area contributed by atoms with Crippen molar-refractivity contribution in [3.05, 3.63) is 146 Å². The number of nitrogens with zero attached hydrogens (tertiary/aromatic N) is 1. The molecule has 0 saturated carbocycles. The second-order valence-electron chi connectivity index (χ2n) is 25.5. The van der Waals surface area contributed by atoms with E-state index in [1.54, 1.807) is 0 Å². The molecular formula is C82H138NO8+. The predicted molar refractivity (Wildman–Crippen MR) is 391 cm³/mol. The van der Waals surface area contributed by atoms with Crippen LogP contribution in [0.25, 0.3) is 0 Å². The van der Waals surface area contributed by atoms with Gasteiger partial charge in [0.15, 0.2) is 6.10 Å². The van der Waals surface area contributed by atoms with Gasteiger partial charge < -0.3 is 28.5 Å². The molecule has 0 radical (unpaired) electrons. The van der Waals surface area contributed by atoms with Gasteiger partial charge in [-0.15, -0.1) is 0 Å². The molecule has 9 nitrogen and oxygen atoms in total. The Labute approximate surface area is 560 Å². The van der Waals surface area contributed by atoms with Crippen molar-refractivity contribution >= 4 is 17.9 Å². The lowest BCUT2D eigenvalue weighted by atomic mass is 10.0. The number of quaternary nitrogens is 1. The number of allylic oxidation sites excluding steroid dienone is 24. The number of carbonyl (C=O) groups is 3. The molecule has 2 unspecified atom stereocenters. The van der Waals surface area contributed by atoms with Gasteiger partial charge in [0, 0.05) is 12.8 Å². The number of hydrogen-bond donors (Lipinski definition) is 1. The minimum absolute atomic E-state index is 0.170. The Bertz CT molecular complexity index is 2010. The maximum atomic E-state index is 12.9. The number of hydrogen-bond acceptors (Lipinski definition) is 7. The summed E-state index contributed by atoms with van der Waals surface area (Å²) in [6.45, 7) is 4.69. The molecule has 0 rings (SSSR count). The Morgan fingerprint density at radius 2 is 0.637 bits per heavy atom. The highest BCUT2D eigenvalue weighted by atomic mass is 16.7. The number of carboxylic acids is 1. The second-order valence-corrected chi connectivity index (χ2v) is 25.5. The Morgan fingerprint density at radius 1 is 0.341 bits per heavy atom. The monoisotopic (exact) mass is 1270 g/mol. The van der Waals surface area contributed by atoms with E-state index in [9.17, 15) is 19.5 Å². The highest BCUT2D eigenvalue weighted by molar-refractivity contribution is 5.71. The third kappa shape index (κ3) is 72.5. The Morgan fingerprint density at radius 3 is 0.967 bits per heavy atom. The second kappa shape index (κ2) is 71.0. The smallest absolute Gasteiger partial charge is 0.361 e. The van der Waals surface area contributed by atoms with Crippen LogP contribution in [0, 0.1) is 0 Å². The molecule has 0 aromatic carbocycles. The van der Waals surface area contributed by atoms with Crippen LogP contribution in [0.4, 0.5) is 0 Å². The molecule has 0 aliphatic carbocycles. The summed E-state index contributed by atoms with van der Waals surface area (Å²) < 4.78 is 22.9. The fraction of sp³-hybridized carbons (Fsp3) is 0.671. The van der Waals surface area contributed by atoms with Gasteiger partial charge in [-0.2, -0.15) is 0 Å². The first-order chi connectivity index (χ1) is 44.6. The third-order valence-electron chi connectivity index (χ3n) is 15.6. The summed E-state index contributed by atoms with van der Waals surface area (Å²) in [5.74, 6) is -2.09. The minimum Gasteiger partial charge on any atom is -0.477 e. The van der Waals surface area contributed by atoms with Crippen molar-refractivity contribution in [2.75, 3.05) is 47.5 Å². The number of ether oxygens (including phenoxy) is 4. The summed E-state index contributed by atoms with van der Waals surface area (Å²) in [7, 11) is 5.95. The lowest BCUT2D eigenvalue weighted by molar-refractivity contribution is -0.870. The first kappa shape index (κ1) is 86.2. The zero-order valence-electron chi connectivity index (χ0n) is 59.2. The van der Waals surface area contributed by atoms with Gasteiger partial charge in [-0.05, 0) is 116 Å². The number of aliphatic carboxylic acids is 1. The SMILES string of the molecule is CC/C=C\C/C=C\C/C=C\C/C=C\C/C=C\C/C=C\C/C=C\C/C=C\C/C=C\CCCC(=O)OC(COC(=O)CCCCCCCCCCCCCCCCCCCCCCCC/C=C\C/C=C\C/C=C\CCCCCCC)COC(OCC[N+](C)(C)C)C(=O)O. The molecule has 0 bridgehead atoms. The van der Waals surface area contributed by atoms with Crippen molar-refractivity contribution in [3.8, 4) is 0 Å². The first-order valence-electron chi connectivity index (χ1n) is 37.0. The molecule has 518 valence electrons. The summed E-state index contributed by atoms with van der Waals surface area (Å²) in [6.07, 6.45) is 101. The van der Waals surface area contributed by atoms with Gasteiger partial charge in [0.1, 0.15) is 13.2 Å². The van der Waals surface area contributed by atoms with E-state index in [0.717, 1.165) is 89.9 Å². The maximum absolute atomic E-state index is 12.9. The van der Waals surface area contributed by atoms with Gasteiger partial charge in [0.05, 0.1) is 34.4 Å². The van der Waals surface area contributed by atoms with Gasteiger partial charge in [-0.3, -0.25) is 9.59 Å². The normalized spacial score (nSPS) is 13.5. The maximum Gasteiger partial charge on any atom is 0.361 e. The van der Waals surface area contributed by atoms with Gasteiger partial charge in [-0.1, -0.05) is 314 Å². The van der Waals surface area contributed by atoms with E-state index in [1.165, 1.54) is 167 Å². The van der Waals surface area contributed by atoms with Crippen LogP contribution in [-0.2, 0) is 33.3 Å². The first-order valence-corrected chi connectivity index (χ1v) is 37.0. The Hall–Kier alpha value is -4.83. The molecule has 1 N–H and O–H groups in total. The summed E-state index contributed by atoms with van der Waals surface area (Å²) in [5.41, 5.74) is 0. The topological polar surface area (TPSA) is 108 Å². The van der Waals surface area contributed by atoms with Crippen LogP contribution in [-0.4, -0.2) is 87.4 Å². The van der Waals surface area contributed by atoms with Crippen LogP contribution in [0.3, 0.4) is 0 Å². The van der Waals surface area contributed by atoms with Gasteiger partial charge in [0.2, 0.25) is 0 Å². The quantitative estimate of drug-likeness (QED) is 0.0211. The molecule has 0 aliphatic rings. The number of rotatable bonds is 67. The number of carboxylic acid groups (broad SMARTS) is 1. The van der Waals surface area contributed by atoms with Crippen molar-refractivity contribution in [2.24, 2.45) is 0 Å². The lowest BCUT2D eigenvalue weighted by Gasteiger charge is -2.25. The summed E-state index contributed by atoms with van der Waals surface area (Å²) in [6, 6.07) is 0. The largest absolute Gasteiger partial charge is 0.477 e.